The summed E-state index contributed by atoms with van der Waals surface area (Å²) in [4.78, 5) is 13.9. The molecule has 0 bridgehead atoms. The summed E-state index contributed by atoms with van der Waals surface area (Å²) in [6.07, 6.45) is 13.5. The first-order chi connectivity index (χ1) is 20.2. The lowest BCUT2D eigenvalue weighted by Gasteiger charge is -2.25. The van der Waals surface area contributed by atoms with Crippen molar-refractivity contribution < 1.29 is 22.3 Å². The molecule has 0 spiro atoms. The van der Waals surface area contributed by atoms with Gasteiger partial charge in [-0.15, -0.1) is 0 Å². The zero-order valence-corrected chi connectivity index (χ0v) is 27.2. The number of likely N-dealkylation sites (N-methyl/N-ethyl adjacent to an activating group) is 1. The van der Waals surface area contributed by atoms with Gasteiger partial charge in [0.1, 0.15) is 12.3 Å². The van der Waals surface area contributed by atoms with Crippen molar-refractivity contribution in [2.45, 2.75) is 83.0 Å². The molecular formula is C35H46N3O4S+. The second-order valence-electron chi connectivity index (χ2n) is 12.6. The molecule has 2 aliphatic heterocycles. The summed E-state index contributed by atoms with van der Waals surface area (Å²) in [6, 6.07) is 11.5. The predicted octanol–water partition coefficient (Wildman–Crippen LogP) is 6.52. The molecule has 230 valence electrons. The average Bonchev–Trinajstić information content (AvgIpc) is 3.29. The van der Waals surface area contributed by atoms with Gasteiger partial charge >= 0.3 is 0 Å². The zero-order chi connectivity index (χ0) is 31.6. The van der Waals surface area contributed by atoms with Crippen LogP contribution in [0, 0.1) is 6.92 Å². The Bertz CT molecular complexity index is 1630. The second kappa shape index (κ2) is 12.7. The van der Waals surface area contributed by atoms with Crippen LogP contribution in [0.4, 0.5) is 11.4 Å². The lowest BCUT2D eigenvalue weighted by molar-refractivity contribution is -0.438. The van der Waals surface area contributed by atoms with E-state index >= 15 is 0 Å². The monoisotopic (exact) mass is 604 g/mol. The third kappa shape index (κ3) is 6.61. The number of ketones is 1. The fourth-order valence-corrected chi connectivity index (χ4v) is 6.92. The Morgan fingerprint density at radius 2 is 1.72 bits per heavy atom. The number of nitrogens with two attached hydrogens (primary N) is 1. The molecule has 2 aromatic rings. The Morgan fingerprint density at radius 1 is 0.977 bits per heavy atom. The molecule has 7 nitrogen and oxygen atoms in total. The van der Waals surface area contributed by atoms with Gasteiger partial charge in [-0.05, 0) is 70.4 Å². The number of anilines is 1. The molecule has 4 rings (SSSR count). The maximum atomic E-state index is 11.9. The Morgan fingerprint density at radius 3 is 2.40 bits per heavy atom. The van der Waals surface area contributed by atoms with E-state index in [9.17, 15) is 17.8 Å². The van der Waals surface area contributed by atoms with Crippen LogP contribution in [0.15, 0.2) is 77.4 Å². The Kier molecular flexibility index (Phi) is 9.64. The van der Waals surface area contributed by atoms with E-state index in [2.05, 4.69) is 87.4 Å². The summed E-state index contributed by atoms with van der Waals surface area (Å²) in [6.45, 7) is 14.7. The van der Waals surface area contributed by atoms with Gasteiger partial charge in [0, 0.05) is 53.9 Å². The van der Waals surface area contributed by atoms with Gasteiger partial charge in [-0.3, -0.25) is 9.35 Å². The summed E-state index contributed by atoms with van der Waals surface area (Å²) in [5.74, 6) is 0.0735. The SMILES string of the molecule is CCN1C(=CC=CC=CC2=[N+](CCCCCC(=O)CN)c3ccc(S(=O)(=O)O)cc3C2(C)C)C(C)(C)c2cc(C)ccc21. The number of fused-ring (bicyclic) bond motifs is 2. The van der Waals surface area contributed by atoms with Gasteiger partial charge < -0.3 is 10.6 Å². The molecule has 0 unspecified atom stereocenters. The number of hydrogen-bond donors (Lipinski definition) is 2. The summed E-state index contributed by atoms with van der Waals surface area (Å²) >= 11 is 0. The summed E-state index contributed by atoms with van der Waals surface area (Å²) in [5, 5.41) is 0. The van der Waals surface area contributed by atoms with E-state index in [-0.39, 0.29) is 22.6 Å². The molecule has 8 heteroatoms. The zero-order valence-electron chi connectivity index (χ0n) is 26.4. The number of carbonyl (C=O) groups excluding carboxylic acids is 1. The maximum Gasteiger partial charge on any atom is 0.294 e. The van der Waals surface area contributed by atoms with Gasteiger partial charge in [0.15, 0.2) is 5.71 Å². The van der Waals surface area contributed by atoms with Crippen molar-refractivity contribution in [3.8, 4) is 0 Å². The fourth-order valence-electron chi connectivity index (χ4n) is 6.41. The minimum absolute atomic E-state index is 0.0735. The highest BCUT2D eigenvalue weighted by atomic mass is 32.2. The highest BCUT2D eigenvalue weighted by Gasteiger charge is 2.45. The van der Waals surface area contributed by atoms with Crippen molar-refractivity contribution in [2.75, 3.05) is 24.5 Å². The Labute approximate surface area is 257 Å². The summed E-state index contributed by atoms with van der Waals surface area (Å²) in [7, 11) is -4.33. The lowest BCUT2D eigenvalue weighted by atomic mass is 9.81. The van der Waals surface area contributed by atoms with Gasteiger partial charge in [0.2, 0.25) is 5.69 Å². The molecule has 0 aromatic heterocycles. The van der Waals surface area contributed by atoms with Crippen LogP contribution in [0.2, 0.25) is 0 Å². The van der Waals surface area contributed by atoms with E-state index in [1.165, 1.54) is 28.6 Å². The molecule has 0 amide bonds. The number of nitrogens with zero attached hydrogens (tertiary/aromatic N) is 2. The molecule has 0 saturated carbocycles. The van der Waals surface area contributed by atoms with Gasteiger partial charge in [0.05, 0.1) is 16.9 Å². The Balaban J connectivity index is 1.62. The van der Waals surface area contributed by atoms with E-state index in [1.807, 2.05) is 12.2 Å². The summed E-state index contributed by atoms with van der Waals surface area (Å²) < 4.78 is 35.8. The van der Waals surface area contributed by atoms with Crippen LogP contribution in [-0.2, 0) is 25.7 Å². The number of rotatable bonds is 12. The number of aryl methyl sites for hydroxylation is 1. The molecule has 0 radical (unpaired) electrons. The number of carbonyl (C=O) groups is 1. The number of Topliss-reactive ketones (excluding diaryl/α,β-unsaturated/α-hetero) is 1. The van der Waals surface area contributed by atoms with Crippen molar-refractivity contribution in [3.63, 3.8) is 0 Å². The molecule has 43 heavy (non-hydrogen) atoms. The largest absolute Gasteiger partial charge is 0.344 e. The second-order valence-corrected chi connectivity index (χ2v) is 14.0. The van der Waals surface area contributed by atoms with E-state index in [0.717, 1.165) is 49.3 Å². The van der Waals surface area contributed by atoms with Crippen LogP contribution in [0.25, 0.3) is 0 Å². The van der Waals surface area contributed by atoms with Crippen LogP contribution >= 0.6 is 0 Å². The highest BCUT2D eigenvalue weighted by molar-refractivity contribution is 7.85. The highest BCUT2D eigenvalue weighted by Crippen LogP contribution is 2.48. The van der Waals surface area contributed by atoms with Crippen LogP contribution in [0.3, 0.4) is 0 Å². The predicted molar refractivity (Wildman–Crippen MR) is 175 cm³/mol. The number of benzene rings is 2. The van der Waals surface area contributed by atoms with E-state index in [1.54, 1.807) is 12.1 Å². The van der Waals surface area contributed by atoms with Crippen LogP contribution in [-0.4, -0.2) is 48.7 Å². The quantitative estimate of drug-likeness (QED) is 0.124. The molecule has 0 atom stereocenters. The first-order valence-electron chi connectivity index (χ1n) is 15.2. The fraction of sp³-hybridized carbons (Fsp3) is 0.429. The van der Waals surface area contributed by atoms with Gasteiger partial charge in [0.25, 0.3) is 10.1 Å². The van der Waals surface area contributed by atoms with Crippen molar-refractivity contribution in [1.29, 1.82) is 0 Å². The van der Waals surface area contributed by atoms with E-state index in [4.69, 9.17) is 5.73 Å². The first-order valence-corrected chi connectivity index (χ1v) is 16.6. The van der Waals surface area contributed by atoms with Crippen LogP contribution in [0.5, 0.6) is 0 Å². The van der Waals surface area contributed by atoms with Crippen LogP contribution < -0.4 is 10.6 Å². The van der Waals surface area contributed by atoms with Gasteiger partial charge in [-0.25, -0.2) is 0 Å². The number of allylic oxidation sites excluding steroid dienone is 6. The molecule has 0 saturated heterocycles. The lowest BCUT2D eigenvalue weighted by Crippen LogP contribution is -2.28. The van der Waals surface area contributed by atoms with Crippen LogP contribution in [0.1, 0.15) is 77.0 Å². The molecule has 2 aromatic carbocycles. The Hall–Kier alpha value is -3.33. The minimum Gasteiger partial charge on any atom is -0.344 e. The molecule has 0 fully saturated rings. The van der Waals surface area contributed by atoms with Crippen molar-refractivity contribution in [3.05, 3.63) is 89.2 Å². The first kappa shape index (κ1) is 32.6. The third-order valence-electron chi connectivity index (χ3n) is 8.82. The molecular weight excluding hydrogens is 558 g/mol. The van der Waals surface area contributed by atoms with E-state index in [0.29, 0.717) is 6.42 Å². The van der Waals surface area contributed by atoms with Gasteiger partial charge in [-0.1, -0.05) is 49.8 Å². The van der Waals surface area contributed by atoms with E-state index < -0.39 is 15.5 Å². The number of unbranched alkanes of at least 4 members (excludes halogenated alkanes) is 2. The molecule has 2 aliphatic rings. The normalized spacial score (nSPS) is 18.3. The topological polar surface area (TPSA) is 104 Å². The standard InChI is InChI=1S/C35H45N3O4S/c1-7-37-30-19-17-25(2)22-28(30)34(3,4)32(37)15-11-8-12-16-33-35(5,6)29-23-27(43(40,41)42)18-20-31(29)38(33)21-13-9-10-14-26(39)24-36/h8,11-12,15-20,22-23H,7,9-10,13-14,21,24,36H2,1-6H3/p+1. The molecule has 3 N–H and O–H groups in total. The summed E-state index contributed by atoms with van der Waals surface area (Å²) in [5.41, 5.74) is 12.8. The molecule has 0 aliphatic carbocycles. The average molecular weight is 605 g/mol. The molecule has 2 heterocycles. The van der Waals surface area contributed by atoms with Gasteiger partial charge in [-0.2, -0.15) is 13.0 Å². The smallest absolute Gasteiger partial charge is 0.294 e. The van der Waals surface area contributed by atoms with Crippen molar-refractivity contribution >= 4 is 33.0 Å². The third-order valence-corrected chi connectivity index (χ3v) is 9.67. The maximum absolute atomic E-state index is 11.9. The van der Waals surface area contributed by atoms with Crippen molar-refractivity contribution in [2.24, 2.45) is 5.73 Å². The number of hydrogen-bond acceptors (Lipinski definition) is 5. The minimum atomic E-state index is -4.33. The van der Waals surface area contributed by atoms with Crippen molar-refractivity contribution in [1.82, 2.24) is 0 Å².